The van der Waals surface area contributed by atoms with E-state index in [2.05, 4.69) is 82.6 Å². The SMILES string of the molecule is COc1ccc(N2C[C@@H](OCc3ccccc3)[C@H]3[C@@H]2[C@H](OCc2ccccc2)CN3c2ccc(OC)cc2)cc1. The van der Waals surface area contributed by atoms with Crippen LogP contribution in [-0.4, -0.2) is 51.6 Å². The van der Waals surface area contributed by atoms with Gasteiger partial charge < -0.3 is 28.7 Å². The molecule has 40 heavy (non-hydrogen) atoms. The van der Waals surface area contributed by atoms with Gasteiger partial charge >= 0.3 is 0 Å². The fourth-order valence-electron chi connectivity index (χ4n) is 6.02. The Morgan fingerprint density at radius 1 is 0.525 bits per heavy atom. The summed E-state index contributed by atoms with van der Waals surface area (Å²) in [4.78, 5) is 4.94. The van der Waals surface area contributed by atoms with Crippen molar-refractivity contribution < 1.29 is 18.9 Å². The molecule has 0 unspecified atom stereocenters. The topological polar surface area (TPSA) is 43.4 Å². The van der Waals surface area contributed by atoms with Crippen LogP contribution >= 0.6 is 0 Å². The molecular formula is C34H36N2O4. The molecule has 0 radical (unpaired) electrons. The van der Waals surface area contributed by atoms with Gasteiger partial charge in [0, 0.05) is 24.5 Å². The lowest BCUT2D eigenvalue weighted by Crippen LogP contribution is -2.44. The van der Waals surface area contributed by atoms with E-state index in [0.717, 1.165) is 36.0 Å². The largest absolute Gasteiger partial charge is 0.497 e. The Labute approximate surface area is 236 Å². The number of hydrogen-bond acceptors (Lipinski definition) is 6. The van der Waals surface area contributed by atoms with Gasteiger partial charge in [-0.1, -0.05) is 60.7 Å². The molecule has 4 atom stereocenters. The van der Waals surface area contributed by atoms with E-state index in [0.29, 0.717) is 13.2 Å². The van der Waals surface area contributed by atoms with E-state index in [1.54, 1.807) is 14.2 Å². The fraction of sp³-hybridized carbons (Fsp3) is 0.294. The van der Waals surface area contributed by atoms with Crippen molar-refractivity contribution in [3.63, 3.8) is 0 Å². The van der Waals surface area contributed by atoms with Gasteiger partial charge in [0.1, 0.15) is 11.5 Å². The number of ether oxygens (including phenoxy) is 4. The second kappa shape index (κ2) is 12.0. The number of rotatable bonds is 10. The molecule has 0 N–H and O–H groups in total. The van der Waals surface area contributed by atoms with Crippen molar-refractivity contribution in [2.24, 2.45) is 0 Å². The van der Waals surface area contributed by atoms with Crippen molar-refractivity contribution in [1.82, 2.24) is 0 Å². The fourth-order valence-corrected chi connectivity index (χ4v) is 6.02. The van der Waals surface area contributed by atoms with Crippen molar-refractivity contribution in [3.05, 3.63) is 120 Å². The maximum Gasteiger partial charge on any atom is 0.119 e. The van der Waals surface area contributed by atoms with Gasteiger partial charge in [0.15, 0.2) is 0 Å². The molecule has 6 heteroatoms. The molecule has 0 bridgehead atoms. The summed E-state index contributed by atoms with van der Waals surface area (Å²) in [7, 11) is 3.40. The summed E-state index contributed by atoms with van der Waals surface area (Å²) in [5.41, 5.74) is 4.64. The summed E-state index contributed by atoms with van der Waals surface area (Å²) < 4.78 is 24.3. The molecule has 2 aliphatic rings. The zero-order valence-corrected chi connectivity index (χ0v) is 23.1. The molecule has 2 saturated heterocycles. The minimum atomic E-state index is -0.0141. The summed E-state index contributed by atoms with van der Waals surface area (Å²) in [6.45, 7) is 2.67. The van der Waals surface area contributed by atoms with E-state index in [1.807, 2.05) is 36.4 Å². The lowest BCUT2D eigenvalue weighted by Gasteiger charge is -2.30. The summed E-state index contributed by atoms with van der Waals surface area (Å²) >= 11 is 0. The average molecular weight is 537 g/mol. The van der Waals surface area contributed by atoms with Crippen LogP contribution in [0.25, 0.3) is 0 Å². The monoisotopic (exact) mass is 536 g/mol. The first-order chi connectivity index (χ1) is 19.7. The van der Waals surface area contributed by atoms with Crippen LogP contribution in [0.1, 0.15) is 11.1 Å². The van der Waals surface area contributed by atoms with Crippen molar-refractivity contribution in [1.29, 1.82) is 0 Å². The van der Waals surface area contributed by atoms with E-state index in [-0.39, 0.29) is 24.3 Å². The van der Waals surface area contributed by atoms with Crippen LogP contribution in [0.15, 0.2) is 109 Å². The van der Waals surface area contributed by atoms with Crippen LogP contribution in [0, 0.1) is 0 Å². The predicted octanol–water partition coefficient (Wildman–Crippen LogP) is 5.95. The highest BCUT2D eigenvalue weighted by Crippen LogP contribution is 2.41. The number of methoxy groups -OCH3 is 2. The number of anilines is 2. The Bertz CT molecular complexity index is 1240. The molecule has 6 rings (SSSR count). The third kappa shape index (κ3) is 5.51. The van der Waals surface area contributed by atoms with Crippen LogP contribution in [-0.2, 0) is 22.7 Å². The normalized spacial score (nSPS) is 21.9. The van der Waals surface area contributed by atoms with Crippen LogP contribution in [0.3, 0.4) is 0 Å². The molecule has 0 aromatic heterocycles. The van der Waals surface area contributed by atoms with Gasteiger partial charge in [-0.2, -0.15) is 0 Å². The molecular weight excluding hydrogens is 500 g/mol. The molecule has 4 aromatic rings. The summed E-state index contributed by atoms with van der Waals surface area (Å²) in [6, 6.07) is 37.7. The Balaban J connectivity index is 1.34. The molecule has 0 spiro atoms. The zero-order valence-electron chi connectivity index (χ0n) is 23.1. The van der Waals surface area contributed by atoms with Gasteiger partial charge in [0.05, 0.1) is 51.7 Å². The van der Waals surface area contributed by atoms with Gasteiger partial charge in [-0.05, 0) is 59.7 Å². The second-order valence-electron chi connectivity index (χ2n) is 10.4. The predicted molar refractivity (Wildman–Crippen MR) is 158 cm³/mol. The lowest BCUT2D eigenvalue weighted by atomic mass is 10.1. The quantitative estimate of drug-likeness (QED) is 0.250. The van der Waals surface area contributed by atoms with Gasteiger partial charge in [0.2, 0.25) is 0 Å². The Hall–Kier alpha value is -4.00. The minimum absolute atomic E-state index is 0.0141. The number of fused-ring (bicyclic) bond motifs is 1. The Morgan fingerprint density at radius 3 is 1.25 bits per heavy atom. The van der Waals surface area contributed by atoms with E-state index in [4.69, 9.17) is 18.9 Å². The number of hydrogen-bond donors (Lipinski definition) is 0. The molecule has 206 valence electrons. The van der Waals surface area contributed by atoms with Gasteiger partial charge in [-0.15, -0.1) is 0 Å². The molecule has 2 fully saturated rings. The highest BCUT2D eigenvalue weighted by Gasteiger charge is 2.55. The van der Waals surface area contributed by atoms with Crippen LogP contribution in [0.2, 0.25) is 0 Å². The van der Waals surface area contributed by atoms with E-state index < -0.39 is 0 Å². The Kier molecular flexibility index (Phi) is 7.89. The van der Waals surface area contributed by atoms with Gasteiger partial charge in [0.25, 0.3) is 0 Å². The van der Waals surface area contributed by atoms with Crippen LogP contribution in [0.4, 0.5) is 11.4 Å². The zero-order chi connectivity index (χ0) is 27.3. The standard InChI is InChI=1S/C34H36N2O4/c1-37-29-17-13-27(14-18-29)35-21-31(39-23-25-9-5-3-6-10-25)34-33(35)32(40-24-26-11-7-4-8-12-26)22-36(34)28-15-19-30(38-2)20-16-28/h3-20,31-34H,21-24H2,1-2H3/t31-,32-,33+,34+/m1/s1. The van der Waals surface area contributed by atoms with Crippen molar-refractivity contribution in [2.45, 2.75) is 37.5 Å². The maximum absolute atomic E-state index is 6.72. The van der Waals surface area contributed by atoms with E-state index in [9.17, 15) is 0 Å². The lowest BCUT2D eigenvalue weighted by molar-refractivity contribution is 0.0320. The molecule has 2 heterocycles. The first kappa shape index (κ1) is 26.2. The van der Waals surface area contributed by atoms with Crippen molar-refractivity contribution >= 4 is 11.4 Å². The summed E-state index contributed by atoms with van der Waals surface area (Å²) in [6.07, 6.45) is -0.0283. The third-order valence-corrected chi connectivity index (χ3v) is 8.01. The smallest absolute Gasteiger partial charge is 0.119 e. The van der Waals surface area contributed by atoms with Gasteiger partial charge in [-0.25, -0.2) is 0 Å². The molecule has 0 aliphatic carbocycles. The van der Waals surface area contributed by atoms with E-state index >= 15 is 0 Å². The average Bonchev–Trinajstić information content (AvgIpc) is 3.59. The molecule has 2 aliphatic heterocycles. The number of nitrogens with zero attached hydrogens (tertiary/aromatic N) is 2. The van der Waals surface area contributed by atoms with Crippen molar-refractivity contribution in [3.8, 4) is 11.5 Å². The highest BCUT2D eigenvalue weighted by atomic mass is 16.5. The summed E-state index contributed by atoms with van der Waals surface area (Å²) in [5, 5.41) is 0. The maximum atomic E-state index is 6.72. The number of benzene rings is 4. The molecule has 0 saturated carbocycles. The second-order valence-corrected chi connectivity index (χ2v) is 10.4. The molecule has 0 amide bonds. The summed E-state index contributed by atoms with van der Waals surface area (Å²) in [5.74, 6) is 1.69. The molecule has 4 aromatic carbocycles. The Morgan fingerprint density at radius 2 is 0.900 bits per heavy atom. The third-order valence-electron chi connectivity index (χ3n) is 8.01. The van der Waals surface area contributed by atoms with Gasteiger partial charge in [-0.3, -0.25) is 0 Å². The first-order valence-corrected chi connectivity index (χ1v) is 13.9. The molecule has 6 nitrogen and oxygen atoms in total. The first-order valence-electron chi connectivity index (χ1n) is 13.9. The van der Waals surface area contributed by atoms with Crippen LogP contribution < -0.4 is 19.3 Å². The van der Waals surface area contributed by atoms with E-state index in [1.165, 1.54) is 11.1 Å². The highest BCUT2D eigenvalue weighted by molar-refractivity contribution is 5.59. The van der Waals surface area contributed by atoms with Crippen LogP contribution in [0.5, 0.6) is 11.5 Å². The minimum Gasteiger partial charge on any atom is -0.497 e. The van der Waals surface area contributed by atoms with Crippen molar-refractivity contribution in [2.75, 3.05) is 37.1 Å².